The van der Waals surface area contributed by atoms with E-state index in [0.29, 0.717) is 0 Å². The van der Waals surface area contributed by atoms with Crippen LogP contribution in [0.3, 0.4) is 0 Å². The fourth-order valence-corrected chi connectivity index (χ4v) is 2.47. The molecule has 22 heavy (non-hydrogen) atoms. The smallest absolute Gasteiger partial charge is 0.124 e. The zero-order chi connectivity index (χ0) is 16.0. The van der Waals surface area contributed by atoms with Crippen LogP contribution in [0.5, 0.6) is 0 Å². The second-order valence-electron chi connectivity index (χ2n) is 4.70. The van der Waals surface area contributed by atoms with E-state index in [2.05, 4.69) is 17.9 Å². The number of hydrogen-bond acceptors (Lipinski definition) is 3. The molecule has 0 amide bonds. The lowest BCUT2D eigenvalue weighted by Gasteiger charge is -2.07. The Hall–Kier alpha value is -2.21. The van der Waals surface area contributed by atoms with Crippen molar-refractivity contribution in [2.24, 2.45) is 0 Å². The summed E-state index contributed by atoms with van der Waals surface area (Å²) in [5, 5.41) is 1.67. The van der Waals surface area contributed by atoms with Crippen molar-refractivity contribution in [2.45, 2.75) is 11.4 Å². The van der Waals surface area contributed by atoms with E-state index in [-0.39, 0.29) is 4.90 Å². The largest absolute Gasteiger partial charge is 0.744 e. The van der Waals surface area contributed by atoms with Gasteiger partial charge in [0, 0.05) is 5.56 Å². The molecule has 3 aromatic rings. The third-order valence-corrected chi connectivity index (χ3v) is 3.97. The molecule has 0 bridgehead atoms. The molecule has 0 saturated heterocycles. The van der Waals surface area contributed by atoms with Crippen LogP contribution in [-0.4, -0.2) is 13.0 Å². The normalized spacial score (nSPS) is 10.8. The lowest BCUT2D eigenvalue weighted by molar-refractivity contribution is -0.386. The molecule has 0 fully saturated rings. The van der Waals surface area contributed by atoms with Gasteiger partial charge in [0.2, 0.25) is 0 Å². The molecule has 4 nitrogen and oxygen atoms in total. The first-order valence-corrected chi connectivity index (χ1v) is 8.19. The molecule has 0 unspecified atom stereocenters. The highest BCUT2D eigenvalue weighted by atomic mass is 32.2. The molecule has 0 atom stereocenters. The van der Waals surface area contributed by atoms with Crippen LogP contribution in [0.15, 0.2) is 77.7 Å². The predicted octanol–water partition coefficient (Wildman–Crippen LogP) is 2.17. The molecule has 114 valence electrons. The Kier molecular flexibility index (Phi) is 5.27. The number of fused-ring (bicyclic) bond motifs is 1. The minimum Gasteiger partial charge on any atom is -0.744 e. The van der Waals surface area contributed by atoms with Gasteiger partial charge in [-0.25, -0.2) is 8.42 Å². The SMILES string of the molecule is O=S(=O)([O-])c1ccc2ccccc2c1.[NH3+]Cc1ccccc1. The molecule has 3 aromatic carbocycles. The average Bonchev–Trinajstić information content (AvgIpc) is 2.55. The van der Waals surface area contributed by atoms with Gasteiger partial charge >= 0.3 is 0 Å². The molecule has 0 aliphatic carbocycles. The highest BCUT2D eigenvalue weighted by Crippen LogP contribution is 2.18. The van der Waals surface area contributed by atoms with Crippen molar-refractivity contribution >= 4 is 20.9 Å². The Morgan fingerprint density at radius 2 is 1.41 bits per heavy atom. The zero-order valence-corrected chi connectivity index (χ0v) is 12.8. The van der Waals surface area contributed by atoms with Crippen molar-refractivity contribution in [3.8, 4) is 0 Å². The number of rotatable bonds is 2. The third kappa shape index (κ3) is 4.39. The van der Waals surface area contributed by atoms with E-state index in [1.165, 1.54) is 17.7 Å². The Labute approximate surface area is 130 Å². The van der Waals surface area contributed by atoms with E-state index in [9.17, 15) is 13.0 Å². The number of hydrogen-bond donors (Lipinski definition) is 1. The molecule has 0 heterocycles. The third-order valence-electron chi connectivity index (χ3n) is 3.14. The molecule has 3 rings (SSSR count). The monoisotopic (exact) mass is 315 g/mol. The van der Waals surface area contributed by atoms with E-state index in [0.717, 1.165) is 17.3 Å². The maximum Gasteiger partial charge on any atom is 0.124 e. The van der Waals surface area contributed by atoms with Gasteiger partial charge < -0.3 is 10.3 Å². The summed E-state index contributed by atoms with van der Waals surface area (Å²) in [6.07, 6.45) is 0. The number of quaternary nitrogens is 1. The summed E-state index contributed by atoms with van der Waals surface area (Å²) in [5.41, 5.74) is 5.05. The standard InChI is InChI=1S/C10H8O3S.C7H9N/c11-14(12,13)10-6-5-8-3-1-2-4-9(8)7-10;8-6-7-4-2-1-3-5-7/h1-7H,(H,11,12,13);1-5H,6,8H2. The summed E-state index contributed by atoms with van der Waals surface area (Å²) in [7, 11) is -4.34. The van der Waals surface area contributed by atoms with Gasteiger partial charge in [-0.3, -0.25) is 0 Å². The Morgan fingerprint density at radius 1 is 0.818 bits per heavy atom. The van der Waals surface area contributed by atoms with Crippen molar-refractivity contribution < 1.29 is 18.7 Å². The van der Waals surface area contributed by atoms with Crippen LogP contribution in [-0.2, 0) is 16.7 Å². The van der Waals surface area contributed by atoms with Crippen LogP contribution in [0.4, 0.5) is 0 Å². The fourth-order valence-electron chi connectivity index (χ4n) is 1.97. The molecular formula is C17H17NO3S. The molecule has 0 radical (unpaired) electrons. The van der Waals surface area contributed by atoms with Gasteiger partial charge in [-0.15, -0.1) is 0 Å². The summed E-state index contributed by atoms with van der Waals surface area (Å²) >= 11 is 0. The highest BCUT2D eigenvalue weighted by molar-refractivity contribution is 7.85. The summed E-state index contributed by atoms with van der Waals surface area (Å²) < 4.78 is 32.2. The molecule has 0 aliphatic rings. The zero-order valence-electron chi connectivity index (χ0n) is 12.0. The van der Waals surface area contributed by atoms with Crippen LogP contribution in [0.2, 0.25) is 0 Å². The van der Waals surface area contributed by atoms with Crippen LogP contribution in [0.25, 0.3) is 10.8 Å². The van der Waals surface area contributed by atoms with Crippen molar-refractivity contribution in [3.63, 3.8) is 0 Å². The number of benzene rings is 3. The van der Waals surface area contributed by atoms with Crippen LogP contribution in [0, 0.1) is 0 Å². The molecule has 0 aromatic heterocycles. The summed E-state index contributed by atoms with van der Waals surface area (Å²) in [5.74, 6) is 0. The highest BCUT2D eigenvalue weighted by Gasteiger charge is 2.01. The van der Waals surface area contributed by atoms with Crippen LogP contribution in [0.1, 0.15) is 5.56 Å². The predicted molar refractivity (Wildman–Crippen MR) is 84.9 cm³/mol. The van der Waals surface area contributed by atoms with Gasteiger partial charge in [-0.05, 0) is 22.9 Å². The molecule has 0 saturated carbocycles. The first-order valence-electron chi connectivity index (χ1n) is 6.78. The second kappa shape index (κ2) is 7.17. The van der Waals surface area contributed by atoms with Gasteiger partial charge in [0.15, 0.2) is 0 Å². The molecule has 3 N–H and O–H groups in total. The van der Waals surface area contributed by atoms with E-state index >= 15 is 0 Å². The van der Waals surface area contributed by atoms with Crippen molar-refractivity contribution in [3.05, 3.63) is 78.4 Å². The topological polar surface area (TPSA) is 84.8 Å². The van der Waals surface area contributed by atoms with Crippen molar-refractivity contribution in [1.29, 1.82) is 0 Å². The molecule has 0 aliphatic heterocycles. The van der Waals surface area contributed by atoms with Gasteiger partial charge in [-0.2, -0.15) is 0 Å². The van der Waals surface area contributed by atoms with Gasteiger partial charge in [0.05, 0.1) is 11.4 Å². The maximum absolute atomic E-state index is 10.7. The van der Waals surface area contributed by atoms with Gasteiger partial charge in [0.1, 0.15) is 10.1 Å². The van der Waals surface area contributed by atoms with Crippen molar-refractivity contribution in [1.82, 2.24) is 0 Å². The first kappa shape index (κ1) is 16.2. The van der Waals surface area contributed by atoms with Crippen LogP contribution < -0.4 is 5.73 Å². The maximum atomic E-state index is 10.7. The average molecular weight is 315 g/mol. The Balaban J connectivity index is 0.000000188. The van der Waals surface area contributed by atoms with Gasteiger partial charge in [-0.1, -0.05) is 60.7 Å². The van der Waals surface area contributed by atoms with Crippen LogP contribution >= 0.6 is 0 Å². The summed E-state index contributed by atoms with van der Waals surface area (Å²) in [6.45, 7) is 0.890. The molecular weight excluding hydrogens is 298 g/mol. The lowest BCUT2D eigenvalue weighted by atomic mass is 10.1. The lowest BCUT2D eigenvalue weighted by Crippen LogP contribution is -2.47. The Morgan fingerprint density at radius 3 is 1.95 bits per heavy atom. The summed E-state index contributed by atoms with van der Waals surface area (Å²) in [4.78, 5) is -0.184. The quantitative estimate of drug-likeness (QED) is 0.735. The fraction of sp³-hybridized carbons (Fsp3) is 0.0588. The van der Waals surface area contributed by atoms with E-state index in [1.807, 2.05) is 30.3 Å². The minimum absolute atomic E-state index is 0.184. The Bertz CT molecular complexity index is 846. The van der Waals surface area contributed by atoms with Crippen molar-refractivity contribution in [2.75, 3.05) is 0 Å². The van der Waals surface area contributed by atoms with E-state index in [1.54, 1.807) is 18.2 Å². The summed E-state index contributed by atoms with van der Waals surface area (Å²) in [6, 6.07) is 21.8. The van der Waals surface area contributed by atoms with Gasteiger partial charge in [0.25, 0.3) is 0 Å². The molecule has 5 heteroatoms. The second-order valence-corrected chi connectivity index (χ2v) is 6.08. The van der Waals surface area contributed by atoms with E-state index < -0.39 is 10.1 Å². The first-order chi connectivity index (χ1) is 10.5. The van der Waals surface area contributed by atoms with E-state index in [4.69, 9.17) is 0 Å². The minimum atomic E-state index is -4.34. The molecule has 0 spiro atoms.